The molecule has 1 saturated heterocycles. The van der Waals surface area contributed by atoms with E-state index in [2.05, 4.69) is 11.8 Å². The van der Waals surface area contributed by atoms with Crippen molar-refractivity contribution in [3.8, 4) is 5.75 Å². The number of nitrogens with zero attached hydrogens (tertiary/aromatic N) is 1. The van der Waals surface area contributed by atoms with Crippen LogP contribution in [0.5, 0.6) is 5.75 Å². The molecule has 0 aromatic heterocycles. The van der Waals surface area contributed by atoms with E-state index in [0.717, 1.165) is 36.7 Å². The number of carbonyl (C=O) groups excluding carboxylic acids is 1. The fourth-order valence-electron chi connectivity index (χ4n) is 3.10. The lowest BCUT2D eigenvalue weighted by molar-refractivity contribution is 0.0949. The molecule has 2 rings (SSSR count). The van der Waals surface area contributed by atoms with Crippen molar-refractivity contribution in [2.24, 2.45) is 5.92 Å². The van der Waals surface area contributed by atoms with Crippen LogP contribution in [0.25, 0.3) is 0 Å². The molecule has 3 nitrogen and oxygen atoms in total. The molecule has 0 saturated carbocycles. The zero-order valence-electron chi connectivity index (χ0n) is 14.0. The molecular weight excluding hydrogens is 298 g/mol. The zero-order valence-corrected chi connectivity index (χ0v) is 14.8. The van der Waals surface area contributed by atoms with Crippen molar-refractivity contribution in [2.75, 3.05) is 26.7 Å². The van der Waals surface area contributed by atoms with Crippen LogP contribution in [0.3, 0.4) is 0 Å². The fourth-order valence-corrected chi connectivity index (χ4v) is 3.25. The number of likely N-dealkylation sites (tertiary alicyclic amines) is 1. The average molecular weight is 324 g/mol. The quantitative estimate of drug-likeness (QED) is 0.758. The Morgan fingerprint density at radius 1 is 1.36 bits per heavy atom. The molecule has 1 aromatic carbocycles. The van der Waals surface area contributed by atoms with Crippen LogP contribution in [0.4, 0.5) is 0 Å². The molecule has 0 aliphatic carbocycles. The van der Waals surface area contributed by atoms with Gasteiger partial charge >= 0.3 is 0 Å². The van der Waals surface area contributed by atoms with E-state index < -0.39 is 0 Å². The van der Waals surface area contributed by atoms with Gasteiger partial charge in [-0.2, -0.15) is 0 Å². The number of hydrogen-bond acceptors (Lipinski definition) is 3. The van der Waals surface area contributed by atoms with Crippen LogP contribution in [0.1, 0.15) is 47.7 Å². The predicted molar refractivity (Wildman–Crippen MR) is 91.3 cm³/mol. The molecule has 4 heteroatoms. The van der Waals surface area contributed by atoms with E-state index in [1.54, 1.807) is 7.11 Å². The highest BCUT2D eigenvalue weighted by Gasteiger charge is 2.21. The largest absolute Gasteiger partial charge is 0.496 e. The average Bonchev–Trinajstić information content (AvgIpc) is 2.51. The van der Waals surface area contributed by atoms with Gasteiger partial charge in [0.2, 0.25) is 0 Å². The molecule has 1 aliphatic heterocycles. The third-order valence-corrected chi connectivity index (χ3v) is 5.26. The van der Waals surface area contributed by atoms with E-state index in [1.807, 2.05) is 19.9 Å². The molecule has 0 unspecified atom stereocenters. The Kier molecular flexibility index (Phi) is 5.87. The van der Waals surface area contributed by atoms with Crippen LogP contribution >= 0.6 is 11.6 Å². The van der Waals surface area contributed by atoms with Crippen molar-refractivity contribution in [3.63, 3.8) is 0 Å². The summed E-state index contributed by atoms with van der Waals surface area (Å²) < 4.78 is 5.40. The van der Waals surface area contributed by atoms with E-state index in [-0.39, 0.29) is 5.78 Å². The van der Waals surface area contributed by atoms with Crippen molar-refractivity contribution in [1.82, 2.24) is 4.90 Å². The Morgan fingerprint density at radius 2 is 2.00 bits per heavy atom. The maximum absolute atomic E-state index is 12.7. The van der Waals surface area contributed by atoms with Crippen LogP contribution in [0.15, 0.2) is 6.07 Å². The summed E-state index contributed by atoms with van der Waals surface area (Å²) in [7, 11) is 1.60. The Bertz CT molecular complexity index is 549. The third-order valence-electron chi connectivity index (χ3n) is 4.67. The molecule has 0 N–H and O–H groups in total. The Labute approximate surface area is 138 Å². The van der Waals surface area contributed by atoms with Gasteiger partial charge in [-0.05, 0) is 62.9 Å². The van der Waals surface area contributed by atoms with Gasteiger partial charge in [0, 0.05) is 18.0 Å². The first-order chi connectivity index (χ1) is 10.4. The fraction of sp³-hybridized carbons (Fsp3) is 0.611. The number of ether oxygens (including phenoxy) is 1. The highest BCUT2D eigenvalue weighted by Crippen LogP contribution is 2.32. The van der Waals surface area contributed by atoms with E-state index in [9.17, 15) is 4.79 Å². The molecule has 1 aromatic rings. The standard InChI is InChI=1S/C18H26ClNO2/c1-12-5-8-20(9-6-12)10-7-15(21)17-14(3)18(19)13(2)11-16(17)22-4/h11-12H,5-10H2,1-4H3. The number of piperidine rings is 1. The lowest BCUT2D eigenvalue weighted by Crippen LogP contribution is -2.34. The number of carbonyl (C=O) groups is 1. The molecule has 1 heterocycles. The molecule has 0 spiro atoms. The number of Topliss-reactive ketones (excluding diaryl/α,β-unsaturated/α-hetero) is 1. The molecule has 1 fully saturated rings. The number of ketones is 1. The van der Waals surface area contributed by atoms with Gasteiger partial charge in [-0.3, -0.25) is 4.79 Å². The summed E-state index contributed by atoms with van der Waals surface area (Å²) >= 11 is 6.30. The van der Waals surface area contributed by atoms with Crippen molar-refractivity contribution in [3.05, 3.63) is 27.8 Å². The van der Waals surface area contributed by atoms with Gasteiger partial charge in [-0.25, -0.2) is 0 Å². The van der Waals surface area contributed by atoms with Gasteiger partial charge in [0.25, 0.3) is 0 Å². The lowest BCUT2D eigenvalue weighted by atomic mass is 9.97. The first kappa shape index (κ1) is 17.3. The molecule has 0 atom stereocenters. The summed E-state index contributed by atoms with van der Waals surface area (Å²) in [4.78, 5) is 15.0. The number of methoxy groups -OCH3 is 1. The molecular formula is C18H26ClNO2. The first-order valence-electron chi connectivity index (χ1n) is 8.03. The lowest BCUT2D eigenvalue weighted by Gasteiger charge is -2.30. The topological polar surface area (TPSA) is 29.5 Å². The van der Waals surface area contributed by atoms with E-state index in [4.69, 9.17) is 16.3 Å². The van der Waals surface area contributed by atoms with Crippen LogP contribution in [-0.4, -0.2) is 37.4 Å². The van der Waals surface area contributed by atoms with Gasteiger partial charge in [0.1, 0.15) is 5.75 Å². The minimum absolute atomic E-state index is 0.120. The molecule has 122 valence electrons. The van der Waals surface area contributed by atoms with Crippen LogP contribution in [-0.2, 0) is 0 Å². The summed E-state index contributed by atoms with van der Waals surface area (Å²) in [6, 6.07) is 1.85. The predicted octanol–water partition coefficient (Wildman–Crippen LogP) is 4.27. The van der Waals surface area contributed by atoms with Gasteiger partial charge < -0.3 is 9.64 Å². The zero-order chi connectivity index (χ0) is 16.3. The van der Waals surface area contributed by atoms with E-state index in [1.165, 1.54) is 12.8 Å². The normalized spacial score (nSPS) is 16.8. The van der Waals surface area contributed by atoms with Gasteiger partial charge in [-0.1, -0.05) is 18.5 Å². The maximum atomic E-state index is 12.7. The van der Waals surface area contributed by atoms with Crippen LogP contribution in [0.2, 0.25) is 5.02 Å². The summed E-state index contributed by atoms with van der Waals surface area (Å²) in [5.41, 5.74) is 2.41. The first-order valence-corrected chi connectivity index (χ1v) is 8.41. The van der Waals surface area contributed by atoms with E-state index in [0.29, 0.717) is 22.8 Å². The number of aryl methyl sites for hydroxylation is 1. The highest BCUT2D eigenvalue weighted by atomic mass is 35.5. The molecule has 22 heavy (non-hydrogen) atoms. The summed E-state index contributed by atoms with van der Waals surface area (Å²) in [5, 5.41) is 0.663. The third kappa shape index (κ3) is 3.82. The molecule has 0 bridgehead atoms. The number of rotatable bonds is 5. The highest BCUT2D eigenvalue weighted by molar-refractivity contribution is 6.32. The van der Waals surface area contributed by atoms with Gasteiger partial charge in [-0.15, -0.1) is 0 Å². The minimum Gasteiger partial charge on any atom is -0.496 e. The van der Waals surface area contributed by atoms with Gasteiger partial charge in [0.15, 0.2) is 5.78 Å². The summed E-state index contributed by atoms with van der Waals surface area (Å²) in [5.74, 6) is 1.57. The molecule has 0 radical (unpaired) electrons. The van der Waals surface area contributed by atoms with Crippen molar-refractivity contribution >= 4 is 17.4 Å². The smallest absolute Gasteiger partial charge is 0.168 e. The number of benzene rings is 1. The second kappa shape index (κ2) is 7.47. The maximum Gasteiger partial charge on any atom is 0.168 e. The van der Waals surface area contributed by atoms with Crippen molar-refractivity contribution in [2.45, 2.75) is 40.0 Å². The van der Waals surface area contributed by atoms with Crippen molar-refractivity contribution < 1.29 is 9.53 Å². The summed E-state index contributed by atoms with van der Waals surface area (Å²) in [6.07, 6.45) is 2.98. The Balaban J connectivity index is 2.08. The SMILES string of the molecule is COc1cc(C)c(Cl)c(C)c1C(=O)CCN1CCC(C)CC1. The summed E-state index contributed by atoms with van der Waals surface area (Å²) in [6.45, 7) is 9.14. The number of hydrogen-bond donors (Lipinski definition) is 0. The van der Waals surface area contributed by atoms with Crippen LogP contribution < -0.4 is 4.74 Å². The minimum atomic E-state index is 0.120. The Morgan fingerprint density at radius 3 is 2.59 bits per heavy atom. The second-order valence-corrected chi connectivity index (χ2v) is 6.79. The van der Waals surface area contributed by atoms with Crippen LogP contribution in [0, 0.1) is 19.8 Å². The van der Waals surface area contributed by atoms with Crippen molar-refractivity contribution in [1.29, 1.82) is 0 Å². The van der Waals surface area contributed by atoms with Gasteiger partial charge in [0.05, 0.1) is 12.7 Å². The molecule has 1 aliphatic rings. The Hall–Kier alpha value is -1.06. The molecule has 0 amide bonds. The monoisotopic (exact) mass is 323 g/mol. The van der Waals surface area contributed by atoms with E-state index >= 15 is 0 Å². The second-order valence-electron chi connectivity index (χ2n) is 6.41. The number of halogens is 1.